The normalized spacial score (nSPS) is 11.8. The predicted molar refractivity (Wildman–Crippen MR) is 118 cm³/mol. The summed E-state index contributed by atoms with van der Waals surface area (Å²) in [7, 11) is 0. The number of para-hydroxylation sites is 1. The molecule has 0 radical (unpaired) electrons. The van der Waals surface area contributed by atoms with Crippen LogP contribution in [0.25, 0.3) is 33.6 Å². The number of rotatable bonds is 4. The van der Waals surface area contributed by atoms with Crippen molar-refractivity contribution in [2.24, 2.45) is 0 Å². The van der Waals surface area contributed by atoms with E-state index >= 15 is 0 Å². The van der Waals surface area contributed by atoms with Crippen LogP contribution in [0.4, 0.5) is 5.69 Å². The lowest BCUT2D eigenvalue weighted by Crippen LogP contribution is -2.26. The molecule has 156 valence electrons. The van der Waals surface area contributed by atoms with Crippen LogP contribution in [-0.4, -0.2) is 19.5 Å². The van der Waals surface area contributed by atoms with Gasteiger partial charge in [-0.1, -0.05) is 53.8 Å². The molecule has 0 amide bonds. The minimum Gasteiger partial charge on any atom is -0.456 e. The lowest BCUT2D eigenvalue weighted by atomic mass is 10.1. The molecule has 3 aromatic heterocycles. The Hall–Kier alpha value is -4.44. The Kier molecular flexibility index (Phi) is 4.68. The van der Waals surface area contributed by atoms with Crippen molar-refractivity contribution in [1.82, 2.24) is 14.6 Å². The van der Waals surface area contributed by atoms with Crippen LogP contribution in [-0.2, 0) is 0 Å². The Balaban J connectivity index is 1.60. The zero-order chi connectivity index (χ0) is 22.2. The van der Waals surface area contributed by atoms with E-state index < -0.39 is 16.0 Å². The lowest BCUT2D eigenvalue weighted by molar-refractivity contribution is -0.384. The molecule has 0 saturated heterocycles. The molecule has 0 spiro atoms. The largest absolute Gasteiger partial charge is 0.456 e. The number of hydrogen-bond acceptors (Lipinski definition) is 8. The molecule has 0 fully saturated rings. The molecule has 3 heterocycles. The SMILES string of the molecule is O=c1nc2s/c(=C\c3ccc(-c4ccccc4[N+](=O)[O-])o3)c(=O)n2nc1-c1ccccc1. The molecule has 0 saturated carbocycles. The molecule has 0 bridgehead atoms. The molecule has 5 aromatic rings. The molecule has 0 atom stereocenters. The fourth-order valence-corrected chi connectivity index (χ4v) is 4.12. The summed E-state index contributed by atoms with van der Waals surface area (Å²) in [5, 5.41) is 15.5. The topological polar surface area (TPSA) is 121 Å². The van der Waals surface area contributed by atoms with E-state index in [0.717, 1.165) is 15.9 Å². The molecule has 0 aliphatic heterocycles. The first-order chi connectivity index (χ1) is 15.5. The maximum absolute atomic E-state index is 12.9. The quantitative estimate of drug-likeness (QED) is 0.309. The van der Waals surface area contributed by atoms with Gasteiger partial charge < -0.3 is 4.42 Å². The van der Waals surface area contributed by atoms with Crippen molar-refractivity contribution < 1.29 is 9.34 Å². The fraction of sp³-hybridized carbons (Fsp3) is 0. The molecular weight excluding hydrogens is 432 g/mol. The van der Waals surface area contributed by atoms with Crippen LogP contribution in [0.1, 0.15) is 5.76 Å². The summed E-state index contributed by atoms with van der Waals surface area (Å²) < 4.78 is 7.08. The Morgan fingerprint density at radius 2 is 1.75 bits per heavy atom. The second kappa shape index (κ2) is 7.67. The molecule has 5 rings (SSSR count). The lowest BCUT2D eigenvalue weighted by Gasteiger charge is -1.98. The molecule has 0 unspecified atom stereocenters. The third kappa shape index (κ3) is 3.38. The number of fused-ring (bicyclic) bond motifs is 1. The minimum atomic E-state index is -0.527. The van der Waals surface area contributed by atoms with E-state index in [9.17, 15) is 19.7 Å². The van der Waals surface area contributed by atoms with E-state index in [1.54, 1.807) is 54.6 Å². The van der Waals surface area contributed by atoms with Gasteiger partial charge in [0, 0.05) is 17.7 Å². The van der Waals surface area contributed by atoms with E-state index in [4.69, 9.17) is 4.42 Å². The van der Waals surface area contributed by atoms with Crippen molar-refractivity contribution in [3.05, 3.63) is 108 Å². The maximum atomic E-state index is 12.9. The van der Waals surface area contributed by atoms with Gasteiger partial charge in [-0.15, -0.1) is 0 Å². The third-order valence-electron chi connectivity index (χ3n) is 4.70. The molecule has 0 aliphatic rings. The van der Waals surface area contributed by atoms with Gasteiger partial charge in [-0.05, 0) is 18.2 Å². The molecule has 2 aromatic carbocycles. The Bertz CT molecular complexity index is 1650. The number of benzene rings is 2. The van der Waals surface area contributed by atoms with Gasteiger partial charge in [0.05, 0.1) is 10.5 Å². The van der Waals surface area contributed by atoms with E-state index in [1.165, 1.54) is 12.1 Å². The monoisotopic (exact) mass is 444 g/mol. The van der Waals surface area contributed by atoms with Gasteiger partial charge in [-0.2, -0.15) is 14.6 Å². The second-order valence-corrected chi connectivity index (χ2v) is 7.73. The fourth-order valence-electron chi connectivity index (χ4n) is 3.23. The standard InChI is InChI=1S/C22H12N4O5S/c27-20-19(13-6-2-1-3-7-13)24-25-21(28)18(32-22(25)23-20)12-14-10-11-17(31-14)15-8-4-5-9-16(15)26(29)30/h1-12H/b18-12-. The summed E-state index contributed by atoms with van der Waals surface area (Å²) in [5.41, 5.74) is -0.0759. The molecule has 0 aliphatic carbocycles. The highest BCUT2D eigenvalue weighted by Gasteiger charge is 2.17. The Morgan fingerprint density at radius 3 is 2.53 bits per heavy atom. The van der Waals surface area contributed by atoms with E-state index in [-0.39, 0.29) is 20.9 Å². The van der Waals surface area contributed by atoms with Crippen molar-refractivity contribution >= 4 is 28.1 Å². The number of nitro benzene ring substituents is 1. The van der Waals surface area contributed by atoms with Gasteiger partial charge in [0.1, 0.15) is 16.1 Å². The van der Waals surface area contributed by atoms with Crippen molar-refractivity contribution in [3.63, 3.8) is 0 Å². The smallest absolute Gasteiger partial charge is 0.300 e. The molecular formula is C22H12N4O5S. The summed E-state index contributed by atoms with van der Waals surface area (Å²) in [6.07, 6.45) is 1.49. The van der Waals surface area contributed by atoms with Gasteiger partial charge in [0.2, 0.25) is 4.96 Å². The van der Waals surface area contributed by atoms with Crippen molar-refractivity contribution in [3.8, 4) is 22.6 Å². The zero-order valence-corrected chi connectivity index (χ0v) is 17.0. The van der Waals surface area contributed by atoms with Gasteiger partial charge >= 0.3 is 5.56 Å². The molecule has 32 heavy (non-hydrogen) atoms. The zero-order valence-electron chi connectivity index (χ0n) is 16.2. The van der Waals surface area contributed by atoms with Crippen LogP contribution in [0, 0.1) is 10.1 Å². The molecule has 9 nitrogen and oxygen atoms in total. The summed E-state index contributed by atoms with van der Waals surface area (Å²) in [6, 6.07) is 18.2. The maximum Gasteiger partial charge on any atom is 0.300 e. The number of nitro groups is 1. The van der Waals surface area contributed by atoms with Crippen LogP contribution in [0.5, 0.6) is 0 Å². The third-order valence-corrected chi connectivity index (χ3v) is 5.66. The van der Waals surface area contributed by atoms with Crippen molar-refractivity contribution in [1.29, 1.82) is 0 Å². The summed E-state index contributed by atoms with van der Waals surface area (Å²) in [5.74, 6) is 0.627. The van der Waals surface area contributed by atoms with E-state index in [0.29, 0.717) is 22.6 Å². The molecule has 10 heteroatoms. The number of hydrogen-bond donors (Lipinski definition) is 0. The summed E-state index contributed by atoms with van der Waals surface area (Å²) in [6.45, 7) is 0. The van der Waals surface area contributed by atoms with Gasteiger partial charge in [-0.25, -0.2) is 0 Å². The Morgan fingerprint density at radius 1 is 1.00 bits per heavy atom. The van der Waals surface area contributed by atoms with Gasteiger partial charge in [-0.3, -0.25) is 19.7 Å². The summed E-state index contributed by atoms with van der Waals surface area (Å²) in [4.78, 5) is 40.2. The first kappa shape index (κ1) is 19.5. The van der Waals surface area contributed by atoms with Gasteiger partial charge in [0.15, 0.2) is 5.69 Å². The van der Waals surface area contributed by atoms with Crippen LogP contribution in [0.15, 0.2) is 80.7 Å². The van der Waals surface area contributed by atoms with Crippen LogP contribution in [0.3, 0.4) is 0 Å². The van der Waals surface area contributed by atoms with Crippen LogP contribution >= 0.6 is 11.3 Å². The summed E-state index contributed by atoms with van der Waals surface area (Å²) >= 11 is 1.00. The average Bonchev–Trinajstić information content (AvgIpc) is 3.38. The van der Waals surface area contributed by atoms with Crippen LogP contribution in [0.2, 0.25) is 0 Å². The number of thiazole rings is 1. The van der Waals surface area contributed by atoms with Crippen molar-refractivity contribution in [2.75, 3.05) is 0 Å². The highest BCUT2D eigenvalue weighted by atomic mass is 32.1. The van der Waals surface area contributed by atoms with Crippen molar-refractivity contribution in [2.45, 2.75) is 0 Å². The van der Waals surface area contributed by atoms with Gasteiger partial charge in [0.25, 0.3) is 11.2 Å². The van der Waals surface area contributed by atoms with E-state index in [2.05, 4.69) is 10.1 Å². The molecule has 0 N–H and O–H groups in total. The minimum absolute atomic E-state index is 0.0832. The van der Waals surface area contributed by atoms with Crippen LogP contribution < -0.4 is 15.7 Å². The highest BCUT2D eigenvalue weighted by Crippen LogP contribution is 2.30. The Labute approximate surface area is 182 Å². The average molecular weight is 444 g/mol. The number of furan rings is 1. The number of nitrogens with zero attached hydrogens (tertiary/aromatic N) is 4. The second-order valence-electron chi connectivity index (χ2n) is 6.72. The first-order valence-electron chi connectivity index (χ1n) is 9.36. The first-order valence-corrected chi connectivity index (χ1v) is 10.2. The van der Waals surface area contributed by atoms with E-state index in [1.807, 2.05) is 6.07 Å². The number of aromatic nitrogens is 3. The predicted octanol–water partition coefficient (Wildman–Crippen LogP) is 2.89. The highest BCUT2D eigenvalue weighted by molar-refractivity contribution is 7.15.